The quantitative estimate of drug-likeness (QED) is 0.694. The van der Waals surface area contributed by atoms with Crippen LogP contribution >= 0.6 is 0 Å². The molecule has 2 aromatic rings. The Labute approximate surface area is 176 Å². The predicted octanol–water partition coefficient (Wildman–Crippen LogP) is 2.36. The van der Waals surface area contributed by atoms with E-state index in [1.54, 1.807) is 26.2 Å². The van der Waals surface area contributed by atoms with E-state index < -0.39 is 0 Å². The molecule has 1 aliphatic rings. The smallest absolute Gasteiger partial charge is 0.315 e. The van der Waals surface area contributed by atoms with Gasteiger partial charge in [0.1, 0.15) is 5.75 Å². The van der Waals surface area contributed by atoms with Gasteiger partial charge in [0.25, 0.3) is 0 Å². The molecular formula is C22H27N3O5. The molecule has 2 N–H and O–H groups in total. The van der Waals surface area contributed by atoms with E-state index in [1.165, 1.54) is 0 Å². The van der Waals surface area contributed by atoms with Crippen LogP contribution in [0.4, 0.5) is 10.5 Å². The molecule has 3 rings (SSSR count). The fourth-order valence-electron chi connectivity index (χ4n) is 3.43. The third kappa shape index (κ3) is 5.14. The molecule has 2 aromatic carbocycles. The number of methoxy groups -OCH3 is 3. The first kappa shape index (κ1) is 21.3. The molecule has 8 heteroatoms. The zero-order valence-corrected chi connectivity index (χ0v) is 17.4. The minimum Gasteiger partial charge on any atom is -0.497 e. The molecule has 0 aliphatic carbocycles. The Morgan fingerprint density at radius 2 is 1.87 bits per heavy atom. The molecule has 3 amide bonds. The molecule has 1 saturated heterocycles. The van der Waals surface area contributed by atoms with Crippen LogP contribution in [0, 0.1) is 0 Å². The highest BCUT2D eigenvalue weighted by atomic mass is 16.5. The van der Waals surface area contributed by atoms with Crippen molar-refractivity contribution < 1.29 is 23.8 Å². The molecule has 1 heterocycles. The van der Waals surface area contributed by atoms with Gasteiger partial charge in [0.05, 0.1) is 27.4 Å². The third-order valence-electron chi connectivity index (χ3n) is 4.97. The number of nitrogens with zero attached hydrogens (tertiary/aromatic N) is 1. The van der Waals surface area contributed by atoms with Gasteiger partial charge in [0.2, 0.25) is 5.91 Å². The monoisotopic (exact) mass is 413 g/mol. The Morgan fingerprint density at radius 3 is 2.60 bits per heavy atom. The summed E-state index contributed by atoms with van der Waals surface area (Å²) in [5.41, 5.74) is 1.78. The number of urea groups is 1. The lowest BCUT2D eigenvalue weighted by Crippen LogP contribution is -2.43. The van der Waals surface area contributed by atoms with Crippen LogP contribution in [0.2, 0.25) is 0 Å². The fraction of sp³-hybridized carbons (Fsp3) is 0.364. The summed E-state index contributed by atoms with van der Waals surface area (Å²) < 4.78 is 15.7. The number of benzene rings is 2. The zero-order valence-electron chi connectivity index (χ0n) is 17.4. The second-order valence-electron chi connectivity index (χ2n) is 6.95. The number of hydrogen-bond acceptors (Lipinski definition) is 5. The normalized spacial score (nSPS) is 15.6. The Bertz CT molecular complexity index is 902. The van der Waals surface area contributed by atoms with Crippen LogP contribution in [0.15, 0.2) is 42.5 Å². The van der Waals surface area contributed by atoms with E-state index in [2.05, 4.69) is 10.6 Å². The average Bonchev–Trinajstić information content (AvgIpc) is 3.13. The highest BCUT2D eigenvalue weighted by Gasteiger charge is 2.31. The summed E-state index contributed by atoms with van der Waals surface area (Å²) in [6.45, 7) is 0.886. The summed E-state index contributed by atoms with van der Waals surface area (Å²) in [7, 11) is 4.76. The lowest BCUT2D eigenvalue weighted by atomic mass is 10.1. The number of nitrogens with one attached hydrogen (secondary N) is 2. The van der Waals surface area contributed by atoms with Crippen LogP contribution in [0.5, 0.6) is 17.2 Å². The SMILES string of the molecule is COc1cccc(N2C[C@@H](NC(=O)NCCc3ccc(OC)c(OC)c3)CC2=O)c1. The number of anilines is 1. The van der Waals surface area contributed by atoms with E-state index in [-0.39, 0.29) is 24.4 Å². The molecule has 0 radical (unpaired) electrons. The topological polar surface area (TPSA) is 89.1 Å². The maximum absolute atomic E-state index is 12.4. The molecule has 1 aliphatic heterocycles. The van der Waals surface area contributed by atoms with Crippen LogP contribution in [-0.2, 0) is 11.2 Å². The Morgan fingerprint density at radius 1 is 1.07 bits per heavy atom. The highest BCUT2D eigenvalue weighted by Crippen LogP contribution is 2.28. The number of hydrogen-bond donors (Lipinski definition) is 2. The molecule has 0 unspecified atom stereocenters. The van der Waals surface area contributed by atoms with Crippen LogP contribution < -0.4 is 29.7 Å². The number of amides is 3. The average molecular weight is 413 g/mol. The van der Waals surface area contributed by atoms with Gasteiger partial charge in [-0.25, -0.2) is 4.79 Å². The van der Waals surface area contributed by atoms with Gasteiger partial charge in [0, 0.05) is 31.3 Å². The Hall–Kier alpha value is -3.42. The summed E-state index contributed by atoms with van der Waals surface area (Å²) in [6.07, 6.45) is 0.910. The summed E-state index contributed by atoms with van der Waals surface area (Å²) in [4.78, 5) is 26.3. The van der Waals surface area contributed by atoms with Crippen molar-refractivity contribution in [2.45, 2.75) is 18.9 Å². The first-order chi connectivity index (χ1) is 14.5. The molecule has 1 atom stereocenters. The van der Waals surface area contributed by atoms with Crippen molar-refractivity contribution in [3.63, 3.8) is 0 Å². The number of ether oxygens (including phenoxy) is 3. The van der Waals surface area contributed by atoms with Crippen molar-refractivity contribution in [2.75, 3.05) is 39.3 Å². The largest absolute Gasteiger partial charge is 0.497 e. The van der Waals surface area contributed by atoms with E-state index in [1.807, 2.05) is 42.5 Å². The van der Waals surface area contributed by atoms with Crippen molar-refractivity contribution in [3.8, 4) is 17.2 Å². The van der Waals surface area contributed by atoms with Crippen molar-refractivity contribution in [2.24, 2.45) is 0 Å². The van der Waals surface area contributed by atoms with Crippen molar-refractivity contribution >= 4 is 17.6 Å². The lowest BCUT2D eigenvalue weighted by Gasteiger charge is -2.18. The van der Waals surface area contributed by atoms with Crippen LogP contribution in [0.1, 0.15) is 12.0 Å². The number of carbonyl (C=O) groups is 2. The van der Waals surface area contributed by atoms with Gasteiger partial charge in [-0.1, -0.05) is 12.1 Å². The molecule has 160 valence electrons. The first-order valence-corrected chi connectivity index (χ1v) is 9.73. The summed E-state index contributed by atoms with van der Waals surface area (Å²) >= 11 is 0. The van der Waals surface area contributed by atoms with E-state index in [0.717, 1.165) is 11.3 Å². The summed E-state index contributed by atoms with van der Waals surface area (Å²) in [5.74, 6) is 1.98. The number of carbonyl (C=O) groups excluding carboxylic acids is 2. The summed E-state index contributed by atoms with van der Waals surface area (Å²) in [5, 5.41) is 5.72. The molecule has 0 aromatic heterocycles. The van der Waals surface area contributed by atoms with Crippen LogP contribution in [0.25, 0.3) is 0 Å². The highest BCUT2D eigenvalue weighted by molar-refractivity contribution is 5.97. The predicted molar refractivity (Wildman–Crippen MR) is 114 cm³/mol. The minimum atomic E-state index is -0.291. The minimum absolute atomic E-state index is 0.0288. The third-order valence-corrected chi connectivity index (χ3v) is 4.97. The molecule has 0 spiro atoms. The van der Waals surface area contributed by atoms with Crippen molar-refractivity contribution in [1.82, 2.24) is 10.6 Å². The van der Waals surface area contributed by atoms with Crippen LogP contribution in [0.3, 0.4) is 0 Å². The maximum Gasteiger partial charge on any atom is 0.315 e. The molecule has 0 bridgehead atoms. The number of rotatable bonds is 8. The molecule has 8 nitrogen and oxygen atoms in total. The second kappa shape index (κ2) is 9.87. The second-order valence-corrected chi connectivity index (χ2v) is 6.95. The van der Waals surface area contributed by atoms with E-state index >= 15 is 0 Å². The van der Waals surface area contributed by atoms with Gasteiger partial charge in [-0.3, -0.25) is 4.79 Å². The summed E-state index contributed by atoms with van der Waals surface area (Å²) in [6, 6.07) is 12.4. The van der Waals surface area contributed by atoms with E-state index in [4.69, 9.17) is 14.2 Å². The van der Waals surface area contributed by atoms with Gasteiger partial charge in [-0.15, -0.1) is 0 Å². The van der Waals surface area contributed by atoms with Gasteiger partial charge < -0.3 is 29.7 Å². The van der Waals surface area contributed by atoms with Gasteiger partial charge in [-0.05, 0) is 36.2 Å². The van der Waals surface area contributed by atoms with Crippen LogP contribution in [-0.4, -0.2) is 52.4 Å². The zero-order chi connectivity index (χ0) is 21.5. The molecule has 30 heavy (non-hydrogen) atoms. The molecule has 1 fully saturated rings. The van der Waals surface area contributed by atoms with Gasteiger partial charge in [0.15, 0.2) is 11.5 Å². The maximum atomic E-state index is 12.4. The molecular weight excluding hydrogens is 386 g/mol. The first-order valence-electron chi connectivity index (χ1n) is 9.73. The van der Waals surface area contributed by atoms with Crippen molar-refractivity contribution in [3.05, 3.63) is 48.0 Å². The fourth-order valence-corrected chi connectivity index (χ4v) is 3.43. The molecule has 0 saturated carbocycles. The standard InChI is InChI=1S/C22H27N3O5/c1-28-18-6-4-5-17(13-18)25-14-16(12-21(25)26)24-22(27)23-10-9-15-7-8-19(29-2)20(11-15)30-3/h4-8,11,13,16H,9-10,12,14H2,1-3H3,(H2,23,24,27)/t16-/m0/s1. The van der Waals surface area contributed by atoms with Gasteiger partial charge >= 0.3 is 6.03 Å². The Kier molecular flexibility index (Phi) is 7.00. The van der Waals surface area contributed by atoms with E-state index in [0.29, 0.717) is 36.8 Å². The van der Waals surface area contributed by atoms with Crippen molar-refractivity contribution in [1.29, 1.82) is 0 Å². The Balaban J connectivity index is 1.48. The lowest BCUT2D eigenvalue weighted by molar-refractivity contribution is -0.117. The van der Waals surface area contributed by atoms with Gasteiger partial charge in [-0.2, -0.15) is 0 Å². The van der Waals surface area contributed by atoms with E-state index in [9.17, 15) is 9.59 Å².